The molecule has 2 heterocycles. The maximum absolute atomic E-state index is 12.3. The van der Waals surface area contributed by atoms with Gasteiger partial charge in [-0.15, -0.1) is 0 Å². The predicted octanol–water partition coefficient (Wildman–Crippen LogP) is 1.52. The zero-order valence-electron chi connectivity index (χ0n) is 17.1. The minimum atomic E-state index is -1.02. The van der Waals surface area contributed by atoms with Crippen LogP contribution < -0.4 is 14.8 Å². The van der Waals surface area contributed by atoms with Gasteiger partial charge in [-0.25, -0.2) is 4.79 Å². The molecule has 1 aromatic carbocycles. The molecule has 11 heteroatoms. The Kier molecular flexibility index (Phi) is 5.90. The Bertz CT molecular complexity index is 974. The van der Waals surface area contributed by atoms with Crippen molar-refractivity contribution in [2.75, 3.05) is 20.8 Å². The molecule has 30 heavy (non-hydrogen) atoms. The maximum Gasteiger partial charge on any atom is 0.326 e. The van der Waals surface area contributed by atoms with Crippen molar-refractivity contribution in [3.63, 3.8) is 0 Å². The van der Waals surface area contributed by atoms with Crippen molar-refractivity contribution >= 4 is 17.9 Å². The molecule has 160 valence electrons. The fourth-order valence-electron chi connectivity index (χ4n) is 2.85. The van der Waals surface area contributed by atoms with E-state index in [1.54, 1.807) is 32.0 Å². The van der Waals surface area contributed by atoms with Crippen LogP contribution in [0.1, 0.15) is 26.2 Å². The Morgan fingerprint density at radius 1 is 1.27 bits per heavy atom. The van der Waals surface area contributed by atoms with Crippen LogP contribution in [0.5, 0.6) is 11.5 Å². The first-order valence-corrected chi connectivity index (χ1v) is 9.16. The van der Waals surface area contributed by atoms with E-state index in [2.05, 4.69) is 15.5 Å². The number of amides is 3. The summed E-state index contributed by atoms with van der Waals surface area (Å²) in [5.41, 5.74) is -0.450. The molecule has 2 aromatic rings. The second-order valence-corrected chi connectivity index (χ2v) is 6.75. The molecule has 1 fully saturated rings. The molecule has 1 N–H and O–H groups in total. The van der Waals surface area contributed by atoms with Gasteiger partial charge in [0, 0.05) is 6.07 Å². The van der Waals surface area contributed by atoms with E-state index in [0.29, 0.717) is 23.5 Å². The number of aromatic nitrogens is 2. The highest BCUT2D eigenvalue weighted by molar-refractivity contribution is 6.08. The Hall–Kier alpha value is -3.63. The van der Waals surface area contributed by atoms with Gasteiger partial charge in [0.1, 0.15) is 23.6 Å². The number of carbonyl (C=O) groups excluding carboxylic acids is 3. The highest BCUT2D eigenvalue weighted by atomic mass is 16.6. The molecule has 1 aliphatic heterocycles. The first kappa shape index (κ1) is 21.1. The van der Waals surface area contributed by atoms with Gasteiger partial charge in [0.05, 0.1) is 19.8 Å². The fourth-order valence-corrected chi connectivity index (χ4v) is 2.85. The van der Waals surface area contributed by atoms with Crippen LogP contribution in [-0.4, -0.2) is 59.3 Å². The Morgan fingerprint density at radius 2 is 2.03 bits per heavy atom. The third kappa shape index (κ3) is 4.04. The first-order valence-electron chi connectivity index (χ1n) is 9.16. The SMILES string of the molecule is CCC1(C)NC(=O)N(CC(=O)OCc2nc(-c3ccc(OC)cc3OC)no2)C1=O. The average Bonchev–Trinajstić information content (AvgIpc) is 3.30. The molecule has 3 amide bonds. The Balaban J connectivity index is 1.62. The molecule has 1 aromatic heterocycles. The van der Waals surface area contributed by atoms with Crippen LogP contribution in [0.25, 0.3) is 11.4 Å². The number of carbonyl (C=O) groups is 3. The lowest BCUT2D eigenvalue weighted by Gasteiger charge is -2.18. The second kappa shape index (κ2) is 8.39. The summed E-state index contributed by atoms with van der Waals surface area (Å²) in [6, 6.07) is 4.47. The van der Waals surface area contributed by atoms with E-state index in [9.17, 15) is 14.4 Å². The van der Waals surface area contributed by atoms with Crippen molar-refractivity contribution in [2.45, 2.75) is 32.4 Å². The standard InChI is InChI=1S/C19H22N4O7/c1-5-19(2)17(25)23(18(26)21-19)9-15(24)29-10-14-20-16(22-30-14)12-7-6-11(27-3)8-13(12)28-4/h6-8H,5,9-10H2,1-4H3,(H,21,26). The number of imide groups is 1. The zero-order chi connectivity index (χ0) is 21.9. The lowest BCUT2D eigenvalue weighted by molar-refractivity contribution is -0.149. The normalized spacial score (nSPS) is 18.3. The molecule has 0 spiro atoms. The number of benzene rings is 1. The van der Waals surface area contributed by atoms with Crippen LogP contribution in [0.2, 0.25) is 0 Å². The van der Waals surface area contributed by atoms with Gasteiger partial charge in [-0.1, -0.05) is 12.1 Å². The molecule has 1 aliphatic rings. The number of nitrogens with one attached hydrogen (secondary N) is 1. The Labute approximate surface area is 172 Å². The van der Waals surface area contributed by atoms with E-state index < -0.39 is 30.0 Å². The van der Waals surface area contributed by atoms with E-state index >= 15 is 0 Å². The number of hydrogen-bond donors (Lipinski definition) is 1. The van der Waals surface area contributed by atoms with Crippen LogP contribution in [0.4, 0.5) is 4.79 Å². The molecule has 1 saturated heterocycles. The quantitative estimate of drug-likeness (QED) is 0.500. The van der Waals surface area contributed by atoms with Gasteiger partial charge in [0.15, 0.2) is 6.61 Å². The molecule has 0 radical (unpaired) electrons. The van der Waals surface area contributed by atoms with Gasteiger partial charge < -0.3 is 24.1 Å². The fraction of sp³-hybridized carbons (Fsp3) is 0.421. The first-order chi connectivity index (χ1) is 14.3. The van der Waals surface area contributed by atoms with E-state index in [1.165, 1.54) is 14.2 Å². The topological polar surface area (TPSA) is 133 Å². The number of methoxy groups -OCH3 is 2. The van der Waals surface area contributed by atoms with Crippen molar-refractivity contribution in [3.8, 4) is 22.9 Å². The van der Waals surface area contributed by atoms with Gasteiger partial charge in [0.25, 0.3) is 11.8 Å². The lowest BCUT2D eigenvalue weighted by Crippen LogP contribution is -2.43. The third-order valence-corrected chi connectivity index (χ3v) is 4.81. The summed E-state index contributed by atoms with van der Waals surface area (Å²) in [7, 11) is 3.04. The number of ether oxygens (including phenoxy) is 3. The number of hydrogen-bond acceptors (Lipinski definition) is 9. The van der Waals surface area contributed by atoms with Crippen LogP contribution in [0, 0.1) is 0 Å². The van der Waals surface area contributed by atoms with Crippen LogP contribution in [0.15, 0.2) is 22.7 Å². The van der Waals surface area contributed by atoms with Crippen molar-refractivity contribution in [1.29, 1.82) is 0 Å². The van der Waals surface area contributed by atoms with Crippen molar-refractivity contribution in [1.82, 2.24) is 20.4 Å². The number of urea groups is 1. The molecule has 11 nitrogen and oxygen atoms in total. The van der Waals surface area contributed by atoms with Crippen LogP contribution >= 0.6 is 0 Å². The van der Waals surface area contributed by atoms with Gasteiger partial charge in [-0.2, -0.15) is 4.98 Å². The van der Waals surface area contributed by atoms with Crippen molar-refractivity contribution in [2.24, 2.45) is 0 Å². The van der Waals surface area contributed by atoms with Crippen molar-refractivity contribution in [3.05, 3.63) is 24.1 Å². The highest BCUT2D eigenvalue weighted by Gasteiger charge is 2.47. The molecule has 0 aliphatic carbocycles. The number of esters is 1. The van der Waals surface area contributed by atoms with E-state index in [4.69, 9.17) is 18.7 Å². The van der Waals surface area contributed by atoms with E-state index in [0.717, 1.165) is 4.90 Å². The number of rotatable bonds is 8. The molecular weight excluding hydrogens is 396 g/mol. The van der Waals surface area contributed by atoms with Gasteiger partial charge in [-0.05, 0) is 25.5 Å². The molecule has 3 rings (SSSR count). The van der Waals surface area contributed by atoms with E-state index in [-0.39, 0.29) is 18.3 Å². The average molecular weight is 418 g/mol. The number of nitrogens with zero attached hydrogens (tertiary/aromatic N) is 3. The minimum Gasteiger partial charge on any atom is -0.497 e. The summed E-state index contributed by atoms with van der Waals surface area (Å²) >= 11 is 0. The smallest absolute Gasteiger partial charge is 0.326 e. The summed E-state index contributed by atoms with van der Waals surface area (Å²) in [4.78, 5) is 41.4. The molecule has 1 atom stereocenters. The molecule has 0 saturated carbocycles. The monoisotopic (exact) mass is 418 g/mol. The lowest BCUT2D eigenvalue weighted by atomic mass is 9.99. The minimum absolute atomic E-state index is 0.0480. The largest absolute Gasteiger partial charge is 0.497 e. The Morgan fingerprint density at radius 3 is 2.67 bits per heavy atom. The van der Waals surface area contributed by atoms with Gasteiger partial charge in [0.2, 0.25) is 5.82 Å². The molecule has 0 bridgehead atoms. The highest BCUT2D eigenvalue weighted by Crippen LogP contribution is 2.31. The summed E-state index contributed by atoms with van der Waals surface area (Å²) in [5, 5.41) is 6.43. The molecule has 1 unspecified atom stereocenters. The van der Waals surface area contributed by atoms with Gasteiger partial charge >= 0.3 is 12.0 Å². The summed E-state index contributed by atoms with van der Waals surface area (Å²) in [6.07, 6.45) is 0.405. The zero-order valence-corrected chi connectivity index (χ0v) is 17.1. The van der Waals surface area contributed by atoms with Crippen LogP contribution in [0.3, 0.4) is 0 Å². The summed E-state index contributed by atoms with van der Waals surface area (Å²) in [6.45, 7) is 2.56. The molecular formula is C19H22N4O7. The van der Waals surface area contributed by atoms with Gasteiger partial charge in [-0.3, -0.25) is 14.5 Å². The maximum atomic E-state index is 12.3. The second-order valence-electron chi connectivity index (χ2n) is 6.75. The van der Waals surface area contributed by atoms with E-state index in [1.807, 2.05) is 0 Å². The van der Waals surface area contributed by atoms with Crippen molar-refractivity contribution < 1.29 is 33.1 Å². The third-order valence-electron chi connectivity index (χ3n) is 4.81. The predicted molar refractivity (Wildman–Crippen MR) is 102 cm³/mol. The summed E-state index contributed by atoms with van der Waals surface area (Å²) in [5.74, 6) is 0.128. The van der Waals surface area contributed by atoms with Crippen LogP contribution in [-0.2, 0) is 20.9 Å². The summed E-state index contributed by atoms with van der Waals surface area (Å²) < 4.78 is 20.6.